The van der Waals surface area contributed by atoms with E-state index < -0.39 is 11.6 Å². The van der Waals surface area contributed by atoms with Crippen LogP contribution in [0.1, 0.15) is 51.6 Å². The standard InChI is InChI=1S/C25H24Cl2F2N4O.C2H6.C2H2.2CH2O/c1-5-16(7-6-14(2)15(3)24-31-13-21(27)33-24)22-19(28)8-9-20(23(22)29)30-11-17-10-18(26)12-32-25(17)34-4;4*1-2/h5-10,12-13,30H,11H2,1-4H3,(H,31,33);1-2H3;1-2H;2*1H2/b7-6-,15-14-,16-5+;;;;. The van der Waals surface area contributed by atoms with E-state index in [1.807, 2.05) is 41.3 Å². The fraction of sp³-hybridized carbons (Fsp3) is 0.226. The Balaban J connectivity index is 0. The number of halogens is 4. The minimum atomic E-state index is -0.706. The maximum Gasteiger partial charge on any atom is 0.218 e. The lowest BCUT2D eigenvalue weighted by Crippen LogP contribution is -2.06. The van der Waals surface area contributed by atoms with Crippen molar-refractivity contribution < 1.29 is 23.1 Å². The van der Waals surface area contributed by atoms with Crippen molar-refractivity contribution in [2.24, 2.45) is 0 Å². The normalized spacial score (nSPS) is 10.7. The fourth-order valence-electron chi connectivity index (χ4n) is 3.26. The Morgan fingerprint density at radius 3 is 2.21 bits per heavy atom. The van der Waals surface area contributed by atoms with Crippen LogP contribution < -0.4 is 10.1 Å². The number of imidazole rings is 1. The van der Waals surface area contributed by atoms with E-state index in [2.05, 4.69) is 33.1 Å². The molecule has 7 nitrogen and oxygen atoms in total. The van der Waals surface area contributed by atoms with Gasteiger partial charge in [0, 0.05) is 18.3 Å². The lowest BCUT2D eigenvalue weighted by atomic mass is 10.0. The van der Waals surface area contributed by atoms with Crippen LogP contribution >= 0.6 is 23.2 Å². The van der Waals surface area contributed by atoms with Gasteiger partial charge in [0.1, 0.15) is 30.4 Å². The largest absolute Gasteiger partial charge is 0.481 e. The first kappa shape index (κ1) is 39.9. The van der Waals surface area contributed by atoms with Crippen molar-refractivity contribution in [2.75, 3.05) is 12.4 Å². The number of anilines is 1. The highest BCUT2D eigenvalue weighted by atomic mass is 35.5. The van der Waals surface area contributed by atoms with Gasteiger partial charge in [0.25, 0.3) is 0 Å². The third-order valence-electron chi connectivity index (χ3n) is 5.25. The van der Waals surface area contributed by atoms with E-state index >= 15 is 4.39 Å². The van der Waals surface area contributed by atoms with Crippen molar-refractivity contribution in [2.45, 2.75) is 41.2 Å². The summed E-state index contributed by atoms with van der Waals surface area (Å²) < 4.78 is 35.3. The number of allylic oxidation sites excluding steroid dienone is 6. The summed E-state index contributed by atoms with van der Waals surface area (Å²) in [4.78, 5) is 27.3. The Bertz CT molecular complexity index is 1370. The number of nitrogens with zero attached hydrogens (tertiary/aromatic N) is 2. The SMILES string of the molecule is C#C.C=O.C=O.CC.C\C=C(/C=C\C(C)=C(\C)c1ncc(Cl)[nH]1)c1c(F)ccc(NCc2cc(Cl)cnc2OC)c1F. The van der Waals surface area contributed by atoms with Crippen molar-refractivity contribution in [3.05, 3.63) is 93.2 Å². The maximum atomic E-state index is 15.4. The molecule has 0 fully saturated rings. The molecule has 42 heavy (non-hydrogen) atoms. The molecule has 1 aromatic carbocycles. The highest BCUT2D eigenvalue weighted by molar-refractivity contribution is 6.30. The van der Waals surface area contributed by atoms with Crippen molar-refractivity contribution in [1.82, 2.24) is 15.0 Å². The minimum Gasteiger partial charge on any atom is -0.481 e. The van der Waals surface area contributed by atoms with Gasteiger partial charge in [-0.2, -0.15) is 0 Å². The molecule has 3 aromatic rings. The summed E-state index contributed by atoms with van der Waals surface area (Å²) in [7, 11) is 1.49. The van der Waals surface area contributed by atoms with Gasteiger partial charge in [0.05, 0.1) is 29.6 Å². The Kier molecular flexibility index (Phi) is 21.3. The monoisotopic (exact) mass is 620 g/mol. The van der Waals surface area contributed by atoms with Gasteiger partial charge in [-0.15, -0.1) is 12.8 Å². The summed E-state index contributed by atoms with van der Waals surface area (Å²) in [5, 5.41) is 3.83. The molecule has 0 spiro atoms. The molecule has 0 radical (unpaired) electrons. The van der Waals surface area contributed by atoms with Gasteiger partial charge in [-0.05, 0) is 55.7 Å². The molecular weight excluding hydrogens is 585 g/mol. The number of hydrogen-bond acceptors (Lipinski definition) is 6. The van der Waals surface area contributed by atoms with Gasteiger partial charge >= 0.3 is 0 Å². The molecule has 3 rings (SSSR count). The molecule has 0 aliphatic carbocycles. The number of terminal acetylenes is 1. The summed E-state index contributed by atoms with van der Waals surface area (Å²) in [5.41, 5.74) is 2.76. The van der Waals surface area contributed by atoms with Gasteiger partial charge in [0.15, 0.2) is 5.82 Å². The van der Waals surface area contributed by atoms with E-state index in [9.17, 15) is 4.39 Å². The average molecular weight is 622 g/mol. The molecule has 0 amide bonds. The van der Waals surface area contributed by atoms with Gasteiger partial charge in [-0.1, -0.05) is 55.3 Å². The van der Waals surface area contributed by atoms with Crippen molar-refractivity contribution in [3.63, 3.8) is 0 Å². The van der Waals surface area contributed by atoms with Crippen LogP contribution in [0, 0.1) is 24.5 Å². The van der Waals surface area contributed by atoms with Crippen LogP contribution in [0.3, 0.4) is 0 Å². The number of H-pyrrole nitrogens is 1. The molecule has 0 saturated carbocycles. The van der Waals surface area contributed by atoms with Crippen molar-refractivity contribution >= 4 is 53.6 Å². The zero-order valence-electron chi connectivity index (χ0n) is 24.5. The molecule has 0 unspecified atom stereocenters. The Morgan fingerprint density at radius 2 is 1.69 bits per heavy atom. The molecule has 226 valence electrons. The van der Waals surface area contributed by atoms with Crippen LogP contribution in [-0.2, 0) is 16.1 Å². The third-order valence-corrected chi connectivity index (χ3v) is 5.65. The number of carbonyl (C=O) groups is 2. The molecule has 2 N–H and O–H groups in total. The van der Waals surface area contributed by atoms with Gasteiger partial charge in [-0.25, -0.2) is 18.7 Å². The smallest absolute Gasteiger partial charge is 0.218 e. The van der Waals surface area contributed by atoms with Crippen LogP contribution in [0.4, 0.5) is 14.5 Å². The van der Waals surface area contributed by atoms with Crippen molar-refractivity contribution in [3.8, 4) is 18.7 Å². The number of pyridine rings is 1. The second-order valence-electron chi connectivity index (χ2n) is 7.42. The van der Waals surface area contributed by atoms with E-state index in [4.69, 9.17) is 37.5 Å². The van der Waals surface area contributed by atoms with E-state index in [0.717, 1.165) is 11.1 Å². The fourth-order valence-corrected chi connectivity index (χ4v) is 3.58. The number of ether oxygens (including phenoxy) is 1. The van der Waals surface area contributed by atoms with Crippen LogP contribution in [0.25, 0.3) is 11.1 Å². The second-order valence-corrected chi connectivity index (χ2v) is 8.27. The van der Waals surface area contributed by atoms with E-state index in [1.165, 1.54) is 31.6 Å². The molecule has 2 aromatic heterocycles. The summed E-state index contributed by atoms with van der Waals surface area (Å²) >= 11 is 11.9. The first-order chi connectivity index (χ1) is 20.2. The third kappa shape index (κ3) is 11.7. The number of benzene rings is 1. The number of aromatic nitrogens is 3. The van der Waals surface area contributed by atoms with Crippen LogP contribution in [-0.4, -0.2) is 35.6 Å². The molecule has 2 heterocycles. The van der Waals surface area contributed by atoms with E-state index in [-0.39, 0.29) is 17.8 Å². The van der Waals surface area contributed by atoms with Crippen LogP contribution in [0.15, 0.2) is 54.4 Å². The molecule has 0 saturated heterocycles. The topological polar surface area (TPSA) is 97.0 Å². The predicted octanol–water partition coefficient (Wildman–Crippen LogP) is 8.37. The summed E-state index contributed by atoms with van der Waals surface area (Å²) in [5.74, 6) is -0.377. The molecule has 0 aliphatic rings. The molecule has 0 aliphatic heterocycles. The highest BCUT2D eigenvalue weighted by Crippen LogP contribution is 2.30. The Hall–Kier alpha value is -4.26. The minimum absolute atomic E-state index is 0.133. The molecule has 0 bridgehead atoms. The first-order valence-corrected chi connectivity index (χ1v) is 13.0. The first-order valence-electron chi connectivity index (χ1n) is 12.3. The predicted molar refractivity (Wildman–Crippen MR) is 170 cm³/mol. The Morgan fingerprint density at radius 1 is 1.07 bits per heavy atom. The molecule has 11 heteroatoms. The number of aromatic amines is 1. The zero-order chi connectivity index (χ0) is 32.8. The number of methoxy groups -OCH3 is 1. The quantitative estimate of drug-likeness (QED) is 0.194. The van der Waals surface area contributed by atoms with Gasteiger partial charge < -0.3 is 24.6 Å². The number of rotatable bonds is 8. The lowest BCUT2D eigenvalue weighted by Gasteiger charge is -2.14. The maximum absolute atomic E-state index is 15.4. The average Bonchev–Trinajstić information content (AvgIpc) is 3.47. The van der Waals surface area contributed by atoms with Crippen LogP contribution in [0.5, 0.6) is 5.88 Å². The molecular formula is C31H36Cl2F2N4O3. The summed E-state index contributed by atoms with van der Waals surface area (Å²) in [6.45, 7) is 13.7. The van der Waals surface area contributed by atoms with Crippen molar-refractivity contribution in [1.29, 1.82) is 0 Å². The second kappa shape index (κ2) is 22.4. The number of nitrogens with one attached hydrogen (secondary N) is 2. The van der Waals surface area contributed by atoms with Crippen LogP contribution in [0.2, 0.25) is 10.2 Å². The van der Waals surface area contributed by atoms with Gasteiger partial charge in [-0.3, -0.25) is 0 Å². The van der Waals surface area contributed by atoms with E-state index in [1.54, 1.807) is 31.2 Å². The van der Waals surface area contributed by atoms with Gasteiger partial charge in [0.2, 0.25) is 5.88 Å². The lowest BCUT2D eigenvalue weighted by molar-refractivity contribution is -0.0987. The Labute approximate surface area is 256 Å². The number of carbonyl (C=O) groups excluding carboxylic acids is 2. The summed E-state index contributed by atoms with van der Waals surface area (Å²) in [6, 6.07) is 4.25. The van der Waals surface area contributed by atoms with E-state index in [0.29, 0.717) is 33.0 Å². The molecule has 0 atom stereocenters. The summed E-state index contributed by atoms with van der Waals surface area (Å²) in [6.07, 6.45) is 16.1. The number of hydrogen-bond donors (Lipinski definition) is 2. The zero-order valence-corrected chi connectivity index (χ0v) is 26.0. The highest BCUT2D eigenvalue weighted by Gasteiger charge is 2.17.